The normalized spacial score (nSPS) is 10.5. The summed E-state index contributed by atoms with van der Waals surface area (Å²) in [7, 11) is 0. The molecule has 6 heteroatoms. The number of ether oxygens (including phenoxy) is 1. The zero-order valence-corrected chi connectivity index (χ0v) is 18.4. The standard InChI is InChI=1S/C27H27N3O3/c31-27(32-20-23-12-6-2-7-13-23)28-18-25-19-30(33-21-24-14-8-3-9-15-24)29-26(25)17-16-22-10-4-1-5-11-22/h1-15,19H,16-18,20-21H2,(H,28,31). The summed E-state index contributed by atoms with van der Waals surface area (Å²) in [6, 6.07) is 29.8. The highest BCUT2D eigenvalue weighted by molar-refractivity contribution is 5.67. The van der Waals surface area contributed by atoms with Crippen molar-refractivity contribution in [2.75, 3.05) is 0 Å². The Morgan fingerprint density at radius 1 is 0.758 bits per heavy atom. The first kappa shape index (κ1) is 22.1. The molecule has 1 amide bonds. The molecule has 0 saturated heterocycles. The summed E-state index contributed by atoms with van der Waals surface area (Å²) < 4.78 is 5.32. The average molecular weight is 442 g/mol. The predicted molar refractivity (Wildman–Crippen MR) is 126 cm³/mol. The quantitative estimate of drug-likeness (QED) is 0.387. The molecule has 0 aliphatic carbocycles. The number of benzene rings is 3. The largest absolute Gasteiger partial charge is 0.445 e. The van der Waals surface area contributed by atoms with Gasteiger partial charge in [-0.25, -0.2) is 4.79 Å². The highest BCUT2D eigenvalue weighted by atomic mass is 16.7. The van der Waals surface area contributed by atoms with Crippen molar-refractivity contribution in [3.63, 3.8) is 0 Å². The molecule has 0 aliphatic rings. The fourth-order valence-electron chi connectivity index (χ4n) is 3.41. The predicted octanol–water partition coefficient (Wildman–Crippen LogP) is 4.72. The summed E-state index contributed by atoms with van der Waals surface area (Å²) in [6.07, 6.45) is 2.94. The van der Waals surface area contributed by atoms with Crippen molar-refractivity contribution >= 4 is 6.09 Å². The third-order valence-corrected chi connectivity index (χ3v) is 5.19. The third-order valence-electron chi connectivity index (χ3n) is 5.19. The summed E-state index contributed by atoms with van der Waals surface area (Å²) in [6.45, 7) is 0.950. The van der Waals surface area contributed by atoms with Gasteiger partial charge in [0.25, 0.3) is 0 Å². The maximum atomic E-state index is 12.2. The van der Waals surface area contributed by atoms with E-state index in [1.54, 1.807) is 0 Å². The van der Waals surface area contributed by atoms with Crippen molar-refractivity contribution in [1.29, 1.82) is 0 Å². The molecule has 0 radical (unpaired) electrons. The van der Waals surface area contributed by atoms with Gasteiger partial charge in [0.05, 0.1) is 11.9 Å². The van der Waals surface area contributed by atoms with Crippen LogP contribution in [0.15, 0.2) is 97.2 Å². The minimum absolute atomic E-state index is 0.229. The van der Waals surface area contributed by atoms with Gasteiger partial charge in [-0.3, -0.25) is 0 Å². The fourth-order valence-corrected chi connectivity index (χ4v) is 3.41. The summed E-state index contributed by atoms with van der Waals surface area (Å²) in [5, 5.41) is 7.44. The maximum Gasteiger partial charge on any atom is 0.407 e. The minimum atomic E-state index is -0.467. The van der Waals surface area contributed by atoms with E-state index < -0.39 is 6.09 Å². The Kier molecular flexibility index (Phi) is 7.74. The average Bonchev–Trinajstić information content (AvgIpc) is 3.27. The smallest absolute Gasteiger partial charge is 0.407 e. The molecule has 0 aliphatic heterocycles. The minimum Gasteiger partial charge on any atom is -0.445 e. The molecule has 168 valence electrons. The molecule has 1 aromatic heterocycles. The number of alkyl carbamates (subject to hydrolysis) is 1. The van der Waals surface area contributed by atoms with Gasteiger partial charge in [0.15, 0.2) is 0 Å². The van der Waals surface area contributed by atoms with Crippen LogP contribution in [-0.4, -0.2) is 16.0 Å². The van der Waals surface area contributed by atoms with Crippen LogP contribution in [-0.2, 0) is 37.3 Å². The first-order valence-corrected chi connectivity index (χ1v) is 11.0. The lowest BCUT2D eigenvalue weighted by Crippen LogP contribution is -2.24. The summed E-state index contributed by atoms with van der Waals surface area (Å²) in [5.41, 5.74) is 5.02. The molecule has 4 aromatic rings. The molecule has 0 fully saturated rings. The molecule has 4 rings (SSSR count). The zero-order valence-electron chi connectivity index (χ0n) is 18.4. The van der Waals surface area contributed by atoms with Crippen molar-refractivity contribution < 1.29 is 14.4 Å². The summed E-state index contributed by atoms with van der Waals surface area (Å²) in [4.78, 5) is 19.5. The van der Waals surface area contributed by atoms with E-state index in [-0.39, 0.29) is 6.61 Å². The molecule has 1 heterocycles. The van der Waals surface area contributed by atoms with Gasteiger partial charge in [0.2, 0.25) is 0 Å². The van der Waals surface area contributed by atoms with E-state index in [1.807, 2.05) is 85.1 Å². The number of rotatable bonds is 10. The van der Waals surface area contributed by atoms with E-state index in [0.29, 0.717) is 13.2 Å². The van der Waals surface area contributed by atoms with Crippen LogP contribution in [0.5, 0.6) is 0 Å². The number of nitrogens with zero attached hydrogens (tertiary/aromatic N) is 2. The molecule has 0 atom stereocenters. The number of hydrogen-bond donors (Lipinski definition) is 1. The van der Waals surface area contributed by atoms with E-state index in [4.69, 9.17) is 9.57 Å². The van der Waals surface area contributed by atoms with Gasteiger partial charge in [0, 0.05) is 12.1 Å². The maximum absolute atomic E-state index is 12.2. The molecular formula is C27H27N3O3. The van der Waals surface area contributed by atoms with Crippen LogP contribution in [0.2, 0.25) is 0 Å². The molecule has 3 aromatic carbocycles. The Hall–Kier alpha value is -4.06. The zero-order chi connectivity index (χ0) is 22.7. The molecule has 1 N–H and O–H groups in total. The van der Waals surface area contributed by atoms with Crippen LogP contribution in [0.25, 0.3) is 0 Å². The Bertz CT molecular complexity index is 1130. The SMILES string of the molecule is O=C(NCc1cn(OCc2ccccc2)nc1CCc1ccccc1)OCc1ccccc1. The first-order valence-electron chi connectivity index (χ1n) is 11.0. The van der Waals surface area contributed by atoms with E-state index in [2.05, 4.69) is 22.5 Å². The van der Waals surface area contributed by atoms with Crippen LogP contribution in [0, 0.1) is 0 Å². The van der Waals surface area contributed by atoms with Gasteiger partial charge in [0.1, 0.15) is 13.2 Å². The van der Waals surface area contributed by atoms with Crippen LogP contribution in [0.1, 0.15) is 27.9 Å². The van der Waals surface area contributed by atoms with Crippen molar-refractivity contribution in [2.45, 2.75) is 32.6 Å². The van der Waals surface area contributed by atoms with Gasteiger partial charge < -0.3 is 14.9 Å². The van der Waals surface area contributed by atoms with E-state index in [9.17, 15) is 4.79 Å². The molecule has 0 unspecified atom stereocenters. The molecule has 6 nitrogen and oxygen atoms in total. The fraction of sp³-hybridized carbons (Fsp3) is 0.185. The summed E-state index contributed by atoms with van der Waals surface area (Å²) >= 11 is 0. The van der Waals surface area contributed by atoms with Gasteiger partial charge in [-0.2, -0.15) is 0 Å². The Morgan fingerprint density at radius 2 is 1.33 bits per heavy atom. The van der Waals surface area contributed by atoms with E-state index in [1.165, 1.54) is 10.4 Å². The number of aryl methyl sites for hydroxylation is 2. The number of nitrogens with one attached hydrogen (secondary N) is 1. The second kappa shape index (κ2) is 11.5. The highest BCUT2D eigenvalue weighted by Gasteiger charge is 2.12. The van der Waals surface area contributed by atoms with Crippen molar-refractivity contribution in [3.05, 3.63) is 125 Å². The van der Waals surface area contributed by atoms with Gasteiger partial charge in [-0.1, -0.05) is 91.0 Å². The number of aromatic nitrogens is 2. The Balaban J connectivity index is 1.37. The molecule has 0 spiro atoms. The van der Waals surface area contributed by atoms with Crippen molar-refractivity contribution in [1.82, 2.24) is 15.3 Å². The van der Waals surface area contributed by atoms with Gasteiger partial charge in [-0.05, 0) is 29.5 Å². The molecule has 0 bridgehead atoms. The topological polar surface area (TPSA) is 65.4 Å². The third kappa shape index (κ3) is 6.97. The number of carbonyl (C=O) groups is 1. The van der Waals surface area contributed by atoms with Crippen LogP contribution >= 0.6 is 0 Å². The lowest BCUT2D eigenvalue weighted by Gasteiger charge is -2.07. The number of hydrogen-bond acceptors (Lipinski definition) is 4. The number of amides is 1. The van der Waals surface area contributed by atoms with E-state index in [0.717, 1.165) is 35.2 Å². The van der Waals surface area contributed by atoms with Crippen LogP contribution in [0.4, 0.5) is 4.79 Å². The Morgan fingerprint density at radius 3 is 1.97 bits per heavy atom. The number of carbonyl (C=O) groups excluding carboxylic acids is 1. The lowest BCUT2D eigenvalue weighted by molar-refractivity contribution is 0.0691. The molecule has 33 heavy (non-hydrogen) atoms. The van der Waals surface area contributed by atoms with E-state index >= 15 is 0 Å². The Labute approximate surface area is 193 Å². The summed E-state index contributed by atoms with van der Waals surface area (Å²) in [5.74, 6) is 0. The molecule has 0 saturated carbocycles. The first-order chi connectivity index (χ1) is 16.3. The van der Waals surface area contributed by atoms with Crippen LogP contribution < -0.4 is 10.2 Å². The lowest BCUT2D eigenvalue weighted by atomic mass is 10.1. The second-order valence-corrected chi connectivity index (χ2v) is 7.66. The van der Waals surface area contributed by atoms with Gasteiger partial charge in [-0.15, -0.1) is 9.94 Å². The monoisotopic (exact) mass is 441 g/mol. The highest BCUT2D eigenvalue weighted by Crippen LogP contribution is 2.12. The molecular weight excluding hydrogens is 414 g/mol. The van der Waals surface area contributed by atoms with Gasteiger partial charge >= 0.3 is 6.09 Å². The van der Waals surface area contributed by atoms with Crippen molar-refractivity contribution in [3.8, 4) is 0 Å². The van der Waals surface area contributed by atoms with Crippen LogP contribution in [0.3, 0.4) is 0 Å². The second-order valence-electron chi connectivity index (χ2n) is 7.66. The van der Waals surface area contributed by atoms with Crippen molar-refractivity contribution in [2.24, 2.45) is 0 Å².